The van der Waals surface area contributed by atoms with Gasteiger partial charge in [-0.3, -0.25) is 9.69 Å². The maximum atomic E-state index is 12.7. The van der Waals surface area contributed by atoms with E-state index in [1.165, 1.54) is 0 Å². The molecule has 3 heterocycles. The molecule has 1 N–H and O–H groups in total. The highest BCUT2D eigenvalue weighted by atomic mass is 32.2. The Kier molecular flexibility index (Phi) is 6.23. The first-order chi connectivity index (χ1) is 12.5. The monoisotopic (exact) mass is 381 g/mol. The minimum Gasteiger partial charge on any atom is -0.309 e. The molecule has 1 atom stereocenters. The number of nitrogens with zero attached hydrogens (tertiary/aromatic N) is 4. The van der Waals surface area contributed by atoms with Gasteiger partial charge >= 0.3 is 0 Å². The molecule has 0 aliphatic carbocycles. The summed E-state index contributed by atoms with van der Waals surface area (Å²) in [7, 11) is -3.37. The highest BCUT2D eigenvalue weighted by Crippen LogP contribution is 2.19. The SMILES string of the molecule is C[C@@H](C(=O)Nc1ccccn1)N1CCCN(S(=O)(=O)N2CCCC2)CC1. The zero-order valence-electron chi connectivity index (χ0n) is 15.2. The lowest BCUT2D eigenvalue weighted by molar-refractivity contribution is -0.120. The van der Waals surface area contributed by atoms with Crippen LogP contribution in [0.25, 0.3) is 0 Å². The van der Waals surface area contributed by atoms with Gasteiger partial charge in [-0.1, -0.05) is 6.07 Å². The van der Waals surface area contributed by atoms with E-state index in [-0.39, 0.29) is 11.9 Å². The number of rotatable bonds is 5. The summed E-state index contributed by atoms with van der Waals surface area (Å²) >= 11 is 0. The van der Waals surface area contributed by atoms with Gasteiger partial charge in [0.2, 0.25) is 5.91 Å². The Bertz CT molecular complexity index is 706. The maximum Gasteiger partial charge on any atom is 0.282 e. The summed E-state index contributed by atoms with van der Waals surface area (Å²) in [5, 5.41) is 2.81. The number of aromatic nitrogens is 1. The lowest BCUT2D eigenvalue weighted by Gasteiger charge is -2.28. The summed E-state index contributed by atoms with van der Waals surface area (Å²) in [4.78, 5) is 18.6. The Morgan fingerprint density at radius 2 is 1.73 bits per heavy atom. The van der Waals surface area contributed by atoms with Crippen LogP contribution in [0.1, 0.15) is 26.2 Å². The molecule has 1 aromatic heterocycles. The van der Waals surface area contributed by atoms with Crippen molar-refractivity contribution in [2.45, 2.75) is 32.2 Å². The van der Waals surface area contributed by atoms with Crippen LogP contribution >= 0.6 is 0 Å². The van der Waals surface area contributed by atoms with Crippen LogP contribution in [0.2, 0.25) is 0 Å². The van der Waals surface area contributed by atoms with Gasteiger partial charge in [-0.05, 0) is 38.3 Å². The van der Waals surface area contributed by atoms with Crippen LogP contribution in [0.3, 0.4) is 0 Å². The van der Waals surface area contributed by atoms with E-state index in [1.807, 2.05) is 17.9 Å². The highest BCUT2D eigenvalue weighted by molar-refractivity contribution is 7.86. The number of nitrogens with one attached hydrogen (secondary N) is 1. The van der Waals surface area contributed by atoms with Gasteiger partial charge in [0, 0.05) is 45.5 Å². The largest absolute Gasteiger partial charge is 0.309 e. The summed E-state index contributed by atoms with van der Waals surface area (Å²) in [6.07, 6.45) is 4.22. The van der Waals surface area contributed by atoms with Crippen LogP contribution in [0, 0.1) is 0 Å². The van der Waals surface area contributed by atoms with Gasteiger partial charge in [-0.2, -0.15) is 17.0 Å². The molecule has 144 valence electrons. The Balaban J connectivity index is 1.58. The second-order valence-corrected chi connectivity index (χ2v) is 8.71. The molecular formula is C17H27N5O3S. The third-order valence-electron chi connectivity index (χ3n) is 5.05. The molecule has 2 aliphatic heterocycles. The van der Waals surface area contributed by atoms with Crippen molar-refractivity contribution in [1.82, 2.24) is 18.5 Å². The molecule has 26 heavy (non-hydrogen) atoms. The number of carbonyl (C=O) groups excluding carboxylic acids is 1. The smallest absolute Gasteiger partial charge is 0.282 e. The molecule has 3 rings (SSSR count). The molecule has 9 heteroatoms. The van der Waals surface area contributed by atoms with Crippen LogP contribution in [-0.2, 0) is 15.0 Å². The van der Waals surface area contributed by atoms with Gasteiger partial charge in [-0.25, -0.2) is 4.98 Å². The quantitative estimate of drug-likeness (QED) is 0.814. The van der Waals surface area contributed by atoms with Crippen molar-refractivity contribution in [3.8, 4) is 0 Å². The fraction of sp³-hybridized carbons (Fsp3) is 0.647. The predicted molar refractivity (Wildman–Crippen MR) is 99.8 cm³/mol. The van der Waals surface area contributed by atoms with Crippen molar-refractivity contribution in [3.63, 3.8) is 0 Å². The second-order valence-electron chi connectivity index (χ2n) is 6.78. The van der Waals surface area contributed by atoms with Gasteiger partial charge < -0.3 is 5.32 Å². The van der Waals surface area contributed by atoms with Gasteiger partial charge in [-0.15, -0.1) is 0 Å². The number of anilines is 1. The van der Waals surface area contributed by atoms with E-state index in [0.29, 0.717) is 51.5 Å². The number of pyridine rings is 1. The molecule has 0 spiro atoms. The minimum absolute atomic E-state index is 0.125. The first kappa shape index (κ1) is 19.2. The van der Waals surface area contributed by atoms with E-state index in [0.717, 1.165) is 12.8 Å². The average Bonchev–Trinajstić information content (AvgIpc) is 3.07. The molecule has 0 unspecified atom stereocenters. The number of hydrogen-bond acceptors (Lipinski definition) is 5. The Labute approximate surface area is 155 Å². The molecule has 2 saturated heterocycles. The van der Waals surface area contributed by atoms with Crippen molar-refractivity contribution < 1.29 is 13.2 Å². The van der Waals surface area contributed by atoms with Crippen molar-refractivity contribution in [1.29, 1.82) is 0 Å². The van der Waals surface area contributed by atoms with E-state index in [1.54, 1.807) is 26.9 Å². The van der Waals surface area contributed by atoms with Crippen molar-refractivity contribution in [3.05, 3.63) is 24.4 Å². The molecule has 0 bridgehead atoms. The molecule has 2 aliphatic rings. The third kappa shape index (κ3) is 4.40. The second kappa shape index (κ2) is 8.43. The van der Waals surface area contributed by atoms with Crippen LogP contribution in [0.4, 0.5) is 5.82 Å². The molecule has 0 aromatic carbocycles. The van der Waals surface area contributed by atoms with E-state index in [9.17, 15) is 13.2 Å². The first-order valence-corrected chi connectivity index (χ1v) is 10.6. The van der Waals surface area contributed by atoms with Gasteiger partial charge in [0.15, 0.2) is 0 Å². The van der Waals surface area contributed by atoms with Gasteiger partial charge in [0.25, 0.3) is 10.2 Å². The first-order valence-electron chi connectivity index (χ1n) is 9.19. The summed E-state index contributed by atoms with van der Waals surface area (Å²) in [6, 6.07) is 5.02. The van der Waals surface area contributed by atoms with Crippen LogP contribution < -0.4 is 5.32 Å². The topological polar surface area (TPSA) is 85.9 Å². The van der Waals surface area contributed by atoms with Crippen LogP contribution in [-0.4, -0.2) is 78.1 Å². The van der Waals surface area contributed by atoms with Crippen LogP contribution in [0.15, 0.2) is 24.4 Å². The van der Waals surface area contributed by atoms with Crippen LogP contribution in [0.5, 0.6) is 0 Å². The Morgan fingerprint density at radius 3 is 2.42 bits per heavy atom. The lowest BCUT2D eigenvalue weighted by Crippen LogP contribution is -2.46. The number of amides is 1. The molecule has 8 nitrogen and oxygen atoms in total. The van der Waals surface area contributed by atoms with E-state index in [2.05, 4.69) is 10.3 Å². The fourth-order valence-electron chi connectivity index (χ4n) is 3.45. The van der Waals surface area contributed by atoms with E-state index < -0.39 is 10.2 Å². The maximum absolute atomic E-state index is 12.7. The predicted octanol–water partition coefficient (Wildman–Crippen LogP) is 0.757. The zero-order chi connectivity index (χ0) is 18.6. The molecule has 0 saturated carbocycles. The molecular weight excluding hydrogens is 354 g/mol. The van der Waals surface area contributed by atoms with E-state index in [4.69, 9.17) is 0 Å². The van der Waals surface area contributed by atoms with Crippen molar-refractivity contribution >= 4 is 21.9 Å². The van der Waals surface area contributed by atoms with E-state index >= 15 is 0 Å². The number of carbonyl (C=O) groups is 1. The average molecular weight is 382 g/mol. The Hall–Kier alpha value is -1.55. The summed E-state index contributed by atoms with van der Waals surface area (Å²) in [6.45, 7) is 5.25. The van der Waals surface area contributed by atoms with Gasteiger partial charge in [0.05, 0.1) is 6.04 Å². The summed E-state index contributed by atoms with van der Waals surface area (Å²) in [5.74, 6) is 0.400. The molecule has 0 radical (unpaired) electrons. The molecule has 1 aromatic rings. The molecule has 1 amide bonds. The standard InChI is InChI=1S/C17H27N5O3S/c1-15(17(23)19-16-7-2-3-8-18-16)20-9-6-12-22(14-13-20)26(24,25)21-10-4-5-11-21/h2-3,7-8,15H,4-6,9-14H2,1H3,(H,18,19,23)/t15-/m0/s1. The summed E-state index contributed by atoms with van der Waals surface area (Å²) in [5.41, 5.74) is 0. The zero-order valence-corrected chi connectivity index (χ0v) is 16.0. The fourth-order valence-corrected chi connectivity index (χ4v) is 5.17. The van der Waals surface area contributed by atoms with Crippen molar-refractivity contribution in [2.75, 3.05) is 44.6 Å². The normalized spacial score (nSPS) is 22.0. The highest BCUT2D eigenvalue weighted by Gasteiger charge is 2.34. The lowest BCUT2D eigenvalue weighted by atomic mass is 10.2. The van der Waals surface area contributed by atoms with Crippen molar-refractivity contribution in [2.24, 2.45) is 0 Å². The molecule has 2 fully saturated rings. The van der Waals surface area contributed by atoms with Gasteiger partial charge in [0.1, 0.15) is 5.82 Å². The Morgan fingerprint density at radius 1 is 1.04 bits per heavy atom. The number of hydrogen-bond donors (Lipinski definition) is 1. The minimum atomic E-state index is -3.37. The summed E-state index contributed by atoms with van der Waals surface area (Å²) < 4.78 is 28.6. The third-order valence-corrected chi connectivity index (χ3v) is 7.09.